The zero-order valence-corrected chi connectivity index (χ0v) is 10.5. The first-order valence-electron chi connectivity index (χ1n) is 6.87. The molecule has 2 aliphatic rings. The van der Waals surface area contributed by atoms with E-state index in [0.717, 1.165) is 13.1 Å². The lowest BCUT2D eigenvalue weighted by Crippen LogP contribution is -2.42. The topological polar surface area (TPSA) is 35.5 Å². The molecule has 2 rings (SSSR count). The van der Waals surface area contributed by atoms with Crippen LogP contribution in [0.2, 0.25) is 0 Å². The van der Waals surface area contributed by atoms with E-state index in [2.05, 4.69) is 17.3 Å². The molecule has 94 valence electrons. The van der Waals surface area contributed by atoms with Gasteiger partial charge in [-0.25, -0.2) is 0 Å². The molecule has 16 heavy (non-hydrogen) atoms. The molecule has 2 saturated carbocycles. The van der Waals surface area contributed by atoms with Crippen LogP contribution in [0.4, 0.5) is 0 Å². The van der Waals surface area contributed by atoms with E-state index < -0.39 is 0 Å². The van der Waals surface area contributed by atoms with Crippen molar-refractivity contribution >= 4 is 0 Å². The van der Waals surface area contributed by atoms with E-state index in [1.165, 1.54) is 44.9 Å². The summed E-state index contributed by atoms with van der Waals surface area (Å²) < 4.78 is 0. The number of likely N-dealkylation sites (N-methyl/N-ethyl adjacent to an activating group) is 1. The van der Waals surface area contributed by atoms with E-state index in [9.17, 15) is 5.11 Å². The number of rotatable bonds is 6. The van der Waals surface area contributed by atoms with Crippen molar-refractivity contribution in [1.29, 1.82) is 0 Å². The molecule has 3 heteroatoms. The van der Waals surface area contributed by atoms with Crippen molar-refractivity contribution in [2.75, 3.05) is 20.1 Å². The summed E-state index contributed by atoms with van der Waals surface area (Å²) in [6.45, 7) is 1.59. The first-order valence-corrected chi connectivity index (χ1v) is 6.87. The minimum atomic E-state index is -0.201. The van der Waals surface area contributed by atoms with Crippen LogP contribution < -0.4 is 5.32 Å². The highest BCUT2D eigenvalue weighted by Crippen LogP contribution is 2.22. The van der Waals surface area contributed by atoms with Crippen LogP contribution in [0.5, 0.6) is 0 Å². The average molecular weight is 226 g/mol. The van der Waals surface area contributed by atoms with Crippen LogP contribution >= 0.6 is 0 Å². The second-order valence-electron chi connectivity index (χ2n) is 5.57. The standard InChI is InChI=1S/C13H26N2O/c1-15(12-5-3-2-4-6-12)10-13(16)9-14-11-7-8-11/h11-14,16H,2-10H2,1H3. The lowest BCUT2D eigenvalue weighted by Gasteiger charge is -2.32. The van der Waals surface area contributed by atoms with E-state index in [0.29, 0.717) is 12.1 Å². The van der Waals surface area contributed by atoms with Gasteiger partial charge in [-0.3, -0.25) is 0 Å². The first-order chi connectivity index (χ1) is 7.75. The van der Waals surface area contributed by atoms with E-state index in [-0.39, 0.29) is 6.10 Å². The largest absolute Gasteiger partial charge is 0.390 e. The number of aliphatic hydroxyl groups excluding tert-OH is 1. The predicted molar refractivity (Wildman–Crippen MR) is 66.5 cm³/mol. The second-order valence-corrected chi connectivity index (χ2v) is 5.57. The third kappa shape index (κ3) is 4.04. The number of hydrogen-bond donors (Lipinski definition) is 2. The minimum Gasteiger partial charge on any atom is -0.390 e. The zero-order chi connectivity index (χ0) is 11.4. The molecule has 0 amide bonds. The highest BCUT2D eigenvalue weighted by atomic mass is 16.3. The number of nitrogens with zero attached hydrogens (tertiary/aromatic N) is 1. The monoisotopic (exact) mass is 226 g/mol. The van der Waals surface area contributed by atoms with E-state index in [1.807, 2.05) is 0 Å². The Hall–Kier alpha value is -0.120. The molecule has 0 saturated heterocycles. The van der Waals surface area contributed by atoms with Gasteiger partial charge >= 0.3 is 0 Å². The zero-order valence-electron chi connectivity index (χ0n) is 10.5. The highest BCUT2D eigenvalue weighted by molar-refractivity contribution is 4.83. The van der Waals surface area contributed by atoms with Crippen LogP contribution in [0.15, 0.2) is 0 Å². The summed E-state index contributed by atoms with van der Waals surface area (Å²) in [6, 6.07) is 1.42. The smallest absolute Gasteiger partial charge is 0.0791 e. The molecule has 0 aromatic heterocycles. The maximum Gasteiger partial charge on any atom is 0.0791 e. The van der Waals surface area contributed by atoms with Crippen molar-refractivity contribution in [1.82, 2.24) is 10.2 Å². The lowest BCUT2D eigenvalue weighted by molar-refractivity contribution is 0.0904. The maximum absolute atomic E-state index is 9.92. The molecular weight excluding hydrogens is 200 g/mol. The van der Waals surface area contributed by atoms with Gasteiger partial charge in [0.1, 0.15) is 0 Å². The fourth-order valence-electron chi connectivity index (χ4n) is 2.66. The Morgan fingerprint density at radius 2 is 1.88 bits per heavy atom. The van der Waals surface area contributed by atoms with Gasteiger partial charge in [-0.2, -0.15) is 0 Å². The summed E-state index contributed by atoms with van der Waals surface area (Å²) in [5.41, 5.74) is 0. The van der Waals surface area contributed by atoms with E-state index >= 15 is 0 Å². The quantitative estimate of drug-likeness (QED) is 0.718. The van der Waals surface area contributed by atoms with Crippen LogP contribution in [0.1, 0.15) is 44.9 Å². The maximum atomic E-state index is 9.92. The van der Waals surface area contributed by atoms with Gasteiger partial charge in [0.2, 0.25) is 0 Å². The van der Waals surface area contributed by atoms with Crippen molar-refractivity contribution in [2.24, 2.45) is 0 Å². The van der Waals surface area contributed by atoms with Gasteiger partial charge in [0.25, 0.3) is 0 Å². The summed E-state index contributed by atoms with van der Waals surface area (Å²) in [4.78, 5) is 2.36. The molecule has 3 nitrogen and oxygen atoms in total. The Bertz CT molecular complexity index is 200. The van der Waals surface area contributed by atoms with E-state index in [1.54, 1.807) is 0 Å². The summed E-state index contributed by atoms with van der Waals surface area (Å²) in [5.74, 6) is 0. The number of nitrogens with one attached hydrogen (secondary N) is 1. The molecule has 0 aromatic carbocycles. The molecule has 2 fully saturated rings. The highest BCUT2D eigenvalue weighted by Gasteiger charge is 2.23. The summed E-state index contributed by atoms with van der Waals surface area (Å²) in [7, 11) is 2.16. The van der Waals surface area contributed by atoms with Gasteiger partial charge in [0.15, 0.2) is 0 Å². The summed E-state index contributed by atoms with van der Waals surface area (Å²) in [5, 5.41) is 13.3. The molecule has 2 aliphatic carbocycles. The van der Waals surface area contributed by atoms with Crippen LogP contribution in [-0.4, -0.2) is 48.3 Å². The van der Waals surface area contributed by atoms with Gasteiger partial charge < -0.3 is 15.3 Å². The predicted octanol–water partition coefficient (Wildman–Crippen LogP) is 1.36. The molecular formula is C13H26N2O. The summed E-state index contributed by atoms with van der Waals surface area (Å²) >= 11 is 0. The van der Waals surface area contributed by atoms with Gasteiger partial charge in [-0.15, -0.1) is 0 Å². The number of hydrogen-bond acceptors (Lipinski definition) is 3. The third-order valence-corrected chi connectivity index (χ3v) is 3.92. The fourth-order valence-corrected chi connectivity index (χ4v) is 2.66. The molecule has 0 heterocycles. The normalized spacial score (nSPS) is 24.9. The minimum absolute atomic E-state index is 0.201. The van der Waals surface area contributed by atoms with Gasteiger partial charge in [0, 0.05) is 25.2 Å². The second kappa shape index (κ2) is 5.99. The Morgan fingerprint density at radius 3 is 2.50 bits per heavy atom. The van der Waals surface area contributed by atoms with Gasteiger partial charge in [0.05, 0.1) is 6.10 Å². The molecule has 0 aliphatic heterocycles. The van der Waals surface area contributed by atoms with Crippen LogP contribution in [0.3, 0.4) is 0 Å². The Morgan fingerprint density at radius 1 is 1.19 bits per heavy atom. The van der Waals surface area contributed by atoms with Crippen LogP contribution in [0, 0.1) is 0 Å². The molecule has 1 atom stereocenters. The molecule has 2 N–H and O–H groups in total. The average Bonchev–Trinajstić information content (AvgIpc) is 3.11. The molecule has 1 unspecified atom stereocenters. The number of aliphatic hydroxyl groups is 1. The SMILES string of the molecule is CN(CC(O)CNC1CC1)C1CCCCC1. The van der Waals surface area contributed by atoms with Crippen molar-refractivity contribution in [2.45, 2.75) is 63.1 Å². The van der Waals surface area contributed by atoms with Crippen molar-refractivity contribution in [3.05, 3.63) is 0 Å². The van der Waals surface area contributed by atoms with Crippen molar-refractivity contribution in [3.63, 3.8) is 0 Å². The Labute approximate surface area is 99.2 Å². The molecule has 0 aromatic rings. The van der Waals surface area contributed by atoms with Crippen LogP contribution in [0.25, 0.3) is 0 Å². The van der Waals surface area contributed by atoms with Gasteiger partial charge in [-0.05, 0) is 32.7 Å². The molecule has 0 radical (unpaired) electrons. The lowest BCUT2D eigenvalue weighted by atomic mass is 9.94. The first kappa shape index (κ1) is 12.3. The van der Waals surface area contributed by atoms with E-state index in [4.69, 9.17) is 0 Å². The van der Waals surface area contributed by atoms with Crippen molar-refractivity contribution in [3.8, 4) is 0 Å². The Balaban J connectivity index is 1.61. The van der Waals surface area contributed by atoms with Crippen molar-refractivity contribution < 1.29 is 5.11 Å². The third-order valence-electron chi connectivity index (χ3n) is 3.92. The Kier molecular flexibility index (Phi) is 4.62. The van der Waals surface area contributed by atoms with Gasteiger partial charge in [-0.1, -0.05) is 19.3 Å². The molecule has 0 bridgehead atoms. The molecule has 0 spiro atoms. The van der Waals surface area contributed by atoms with Crippen LogP contribution in [-0.2, 0) is 0 Å². The fraction of sp³-hybridized carbons (Fsp3) is 1.00. The summed E-state index contributed by atoms with van der Waals surface area (Å²) in [6.07, 6.45) is 9.16.